The van der Waals surface area contributed by atoms with Crippen molar-refractivity contribution < 1.29 is 17.9 Å². The highest BCUT2D eigenvalue weighted by Crippen LogP contribution is 2.38. The highest BCUT2D eigenvalue weighted by atomic mass is 32.2. The molecule has 0 saturated heterocycles. The van der Waals surface area contributed by atoms with Crippen molar-refractivity contribution in [3.05, 3.63) is 50.9 Å². The van der Waals surface area contributed by atoms with E-state index in [1.165, 1.54) is 46.9 Å². The number of hydrogen-bond acceptors (Lipinski definition) is 8. The normalized spacial score (nSPS) is 11.6. The number of thioether (sulfide) groups is 1. The fraction of sp³-hybridized carbons (Fsp3) is 0.278. The van der Waals surface area contributed by atoms with E-state index in [0.29, 0.717) is 15.6 Å². The second kappa shape index (κ2) is 8.17. The number of sulfonamides is 1. The smallest absolute Gasteiger partial charge is 0.354 e. The molecule has 0 unspecified atom stereocenters. The zero-order chi connectivity index (χ0) is 21.3. The van der Waals surface area contributed by atoms with Crippen LogP contribution in [0.2, 0.25) is 0 Å². The minimum Gasteiger partial charge on any atom is -0.468 e. The number of benzene rings is 1. The van der Waals surface area contributed by atoms with E-state index in [0.717, 1.165) is 10.4 Å². The van der Waals surface area contributed by atoms with Crippen molar-refractivity contribution in [1.82, 2.24) is 9.55 Å². The molecule has 1 aromatic rings. The third-order valence-corrected chi connectivity index (χ3v) is 8.02. The number of fused-ring (bicyclic) bond motifs is 1. The fourth-order valence-electron chi connectivity index (χ4n) is 2.57. The van der Waals surface area contributed by atoms with Gasteiger partial charge in [0.25, 0.3) is 10.0 Å². The molecule has 0 radical (unpaired) electrons. The lowest BCUT2D eigenvalue weighted by Gasteiger charge is -2.15. The van der Waals surface area contributed by atoms with Crippen LogP contribution in [0.4, 0.5) is 5.82 Å². The lowest BCUT2D eigenvalue weighted by molar-refractivity contribution is -0.137. The summed E-state index contributed by atoms with van der Waals surface area (Å²) in [6.07, 6.45) is 0. The Hall–Kier alpha value is -2.37. The van der Waals surface area contributed by atoms with Crippen molar-refractivity contribution in [3.8, 4) is 5.69 Å². The van der Waals surface area contributed by atoms with Gasteiger partial charge in [-0.2, -0.15) is 4.98 Å². The molecule has 154 valence electrons. The molecule has 2 heterocycles. The molecule has 11 heteroatoms. The number of anilines is 1. The van der Waals surface area contributed by atoms with E-state index in [1.807, 2.05) is 13.8 Å². The predicted octanol–water partition coefficient (Wildman–Crippen LogP) is 2.72. The summed E-state index contributed by atoms with van der Waals surface area (Å²) < 4.78 is 34.6. The van der Waals surface area contributed by atoms with Crippen LogP contribution < -0.4 is 10.4 Å². The van der Waals surface area contributed by atoms with Crippen LogP contribution in [0, 0.1) is 20.8 Å². The van der Waals surface area contributed by atoms with E-state index in [-0.39, 0.29) is 16.5 Å². The van der Waals surface area contributed by atoms with Crippen LogP contribution in [0.3, 0.4) is 0 Å². The van der Waals surface area contributed by atoms with Gasteiger partial charge in [0.05, 0.1) is 22.0 Å². The maximum absolute atomic E-state index is 12.8. The van der Waals surface area contributed by atoms with Crippen molar-refractivity contribution in [2.75, 3.05) is 17.6 Å². The first-order valence-corrected chi connectivity index (χ1v) is 11.7. The Labute approximate surface area is 176 Å². The summed E-state index contributed by atoms with van der Waals surface area (Å²) in [5.41, 5.74) is 1.32. The van der Waals surface area contributed by atoms with E-state index in [4.69, 9.17) is 0 Å². The van der Waals surface area contributed by atoms with Gasteiger partial charge < -0.3 is 4.74 Å². The molecule has 2 aliphatic rings. The van der Waals surface area contributed by atoms with Crippen LogP contribution >= 0.6 is 23.1 Å². The van der Waals surface area contributed by atoms with Crippen LogP contribution in [0.15, 0.2) is 38.2 Å². The zero-order valence-corrected chi connectivity index (χ0v) is 18.6. The minimum absolute atomic E-state index is 0.0225. The summed E-state index contributed by atoms with van der Waals surface area (Å²) in [6, 6.07) is 6.34. The molecule has 0 bridgehead atoms. The van der Waals surface area contributed by atoms with E-state index in [2.05, 4.69) is 14.4 Å². The number of ether oxygens (including phenoxy) is 1. The van der Waals surface area contributed by atoms with Crippen molar-refractivity contribution in [3.63, 3.8) is 0 Å². The minimum atomic E-state index is -3.94. The molecule has 0 aromatic heterocycles. The number of carbonyl (C=O) groups excluding carboxylic acids is 1. The molecule has 0 amide bonds. The van der Waals surface area contributed by atoms with Crippen LogP contribution in [0.1, 0.15) is 16.1 Å². The molecule has 1 aromatic carbocycles. The molecular formula is C18H19N3O5S3. The van der Waals surface area contributed by atoms with Gasteiger partial charge in [0.2, 0.25) is 0 Å². The summed E-state index contributed by atoms with van der Waals surface area (Å²) in [6.45, 7) is 5.46. The summed E-state index contributed by atoms with van der Waals surface area (Å²) in [5.74, 6) is -0.473. The summed E-state index contributed by atoms with van der Waals surface area (Å²) in [7, 11) is -2.66. The Balaban J connectivity index is 2.09. The van der Waals surface area contributed by atoms with Crippen LogP contribution in [0.25, 0.3) is 5.69 Å². The molecule has 0 saturated carbocycles. The molecule has 1 N–H and O–H groups in total. The number of aryl methyl sites for hydroxylation is 2. The van der Waals surface area contributed by atoms with Crippen molar-refractivity contribution in [1.29, 1.82) is 0 Å². The maximum Gasteiger partial charge on any atom is 0.354 e. The number of hydrogen-bond donors (Lipinski definition) is 1. The van der Waals surface area contributed by atoms with E-state index in [1.54, 1.807) is 19.1 Å². The number of imidazole rings is 1. The van der Waals surface area contributed by atoms with Gasteiger partial charge in [-0.25, -0.2) is 13.2 Å². The Morgan fingerprint density at radius 1 is 1.24 bits per heavy atom. The van der Waals surface area contributed by atoms with Crippen molar-refractivity contribution >= 4 is 44.9 Å². The first-order chi connectivity index (χ1) is 13.6. The number of aromatic nitrogens is 2. The molecule has 2 aliphatic heterocycles. The number of nitrogens with one attached hydrogen (secondary N) is 1. The topological polar surface area (TPSA) is 107 Å². The second-order valence-corrected chi connectivity index (χ2v) is 10.4. The summed E-state index contributed by atoms with van der Waals surface area (Å²) in [5, 5.41) is 0. The lowest BCUT2D eigenvalue weighted by Crippen LogP contribution is -2.17. The summed E-state index contributed by atoms with van der Waals surface area (Å²) >= 11 is 2.52. The first kappa shape index (κ1) is 21.3. The molecule has 0 fully saturated rings. The standard InChI is InChI=1S/C18H19N3O5S3/c1-10-5-7-13(8-6-10)29(24,25)20-16-15-17(27-9-14(22)26-4)28-12(3)11(2)21(15)18(23)19-16/h5-8H,9H2,1-4H3,(H,19,20,23). The highest BCUT2D eigenvalue weighted by molar-refractivity contribution is 8.01. The fourth-order valence-corrected chi connectivity index (χ4v) is 5.86. The summed E-state index contributed by atoms with van der Waals surface area (Å²) in [4.78, 5) is 28.9. The second-order valence-electron chi connectivity index (χ2n) is 6.24. The molecule has 8 nitrogen and oxygen atoms in total. The molecule has 3 rings (SSSR count). The largest absolute Gasteiger partial charge is 0.468 e. The SMILES string of the molecule is COC(=O)CSc1sc(C)c(C)n2c(=O)nc(NS(=O)(=O)c3ccc(C)cc3)c1-2. The van der Waals surface area contributed by atoms with Gasteiger partial charge in [0.15, 0.2) is 5.82 Å². The molecule has 29 heavy (non-hydrogen) atoms. The molecule has 0 spiro atoms. The van der Waals surface area contributed by atoms with Gasteiger partial charge in [0, 0.05) is 10.6 Å². The van der Waals surface area contributed by atoms with E-state index in [9.17, 15) is 18.0 Å². The number of methoxy groups -OCH3 is 1. The van der Waals surface area contributed by atoms with Gasteiger partial charge in [-0.1, -0.05) is 17.7 Å². The van der Waals surface area contributed by atoms with E-state index >= 15 is 0 Å². The van der Waals surface area contributed by atoms with E-state index < -0.39 is 21.7 Å². The first-order valence-electron chi connectivity index (χ1n) is 8.46. The third-order valence-electron chi connectivity index (χ3n) is 4.24. The lowest BCUT2D eigenvalue weighted by atomic mass is 10.2. The quantitative estimate of drug-likeness (QED) is 0.452. The number of rotatable bonds is 6. The predicted molar refractivity (Wildman–Crippen MR) is 113 cm³/mol. The highest BCUT2D eigenvalue weighted by Gasteiger charge is 2.27. The Bertz CT molecular complexity index is 1200. The Morgan fingerprint density at radius 2 is 1.90 bits per heavy atom. The number of esters is 1. The third kappa shape index (κ3) is 4.31. The van der Waals surface area contributed by atoms with Gasteiger partial charge in [-0.3, -0.25) is 14.1 Å². The van der Waals surface area contributed by atoms with Crippen molar-refractivity contribution in [2.24, 2.45) is 0 Å². The van der Waals surface area contributed by atoms with Crippen LogP contribution in [-0.2, 0) is 19.6 Å². The van der Waals surface area contributed by atoms with Crippen LogP contribution in [-0.4, -0.2) is 36.8 Å². The average Bonchev–Trinajstić information content (AvgIpc) is 2.99. The molecule has 0 aliphatic carbocycles. The van der Waals surface area contributed by atoms with Crippen LogP contribution in [0.5, 0.6) is 0 Å². The Kier molecular flexibility index (Phi) is 6.01. The average molecular weight is 454 g/mol. The molecular weight excluding hydrogens is 434 g/mol. The molecule has 0 atom stereocenters. The van der Waals surface area contributed by atoms with Crippen molar-refractivity contribution in [2.45, 2.75) is 29.9 Å². The van der Waals surface area contributed by atoms with Gasteiger partial charge >= 0.3 is 11.7 Å². The van der Waals surface area contributed by atoms with Gasteiger partial charge in [-0.15, -0.1) is 23.1 Å². The maximum atomic E-state index is 12.8. The number of carbonyl (C=O) groups is 1. The number of nitrogens with zero attached hydrogens (tertiary/aromatic N) is 2. The van der Waals surface area contributed by atoms with Gasteiger partial charge in [-0.05, 0) is 32.9 Å². The van der Waals surface area contributed by atoms with Gasteiger partial charge in [0.1, 0.15) is 5.69 Å². The zero-order valence-electron chi connectivity index (χ0n) is 16.2. The Morgan fingerprint density at radius 3 is 2.52 bits per heavy atom. The monoisotopic (exact) mass is 453 g/mol.